The van der Waals surface area contributed by atoms with E-state index in [1.54, 1.807) is 0 Å². The van der Waals surface area contributed by atoms with Crippen molar-refractivity contribution < 1.29 is 19.1 Å². The highest BCUT2D eigenvalue weighted by molar-refractivity contribution is 5.79. The number of carbonyl (C=O) groups excluding carboxylic acids is 2. The van der Waals surface area contributed by atoms with Crippen LogP contribution in [0.5, 0.6) is 11.5 Å². The quantitative estimate of drug-likeness (QED) is 0.670. The predicted octanol–water partition coefficient (Wildman–Crippen LogP) is 3.38. The van der Waals surface area contributed by atoms with E-state index >= 15 is 0 Å². The number of amides is 2. The predicted molar refractivity (Wildman–Crippen MR) is 120 cm³/mol. The van der Waals surface area contributed by atoms with Crippen LogP contribution >= 0.6 is 0 Å². The Morgan fingerprint density at radius 1 is 1.00 bits per heavy atom. The second-order valence-corrected chi connectivity index (χ2v) is 7.73. The molecule has 1 fully saturated rings. The molecular weight excluding hydrogens is 392 g/mol. The van der Waals surface area contributed by atoms with E-state index < -0.39 is 0 Å². The normalized spacial score (nSPS) is 14.2. The van der Waals surface area contributed by atoms with Crippen LogP contribution in [0.2, 0.25) is 0 Å². The van der Waals surface area contributed by atoms with Crippen LogP contribution in [0.3, 0.4) is 0 Å². The minimum absolute atomic E-state index is 0.00782. The van der Waals surface area contributed by atoms with Gasteiger partial charge in [0.2, 0.25) is 5.91 Å². The molecule has 0 aliphatic carbocycles. The first kappa shape index (κ1) is 22.7. The van der Waals surface area contributed by atoms with Crippen molar-refractivity contribution in [2.75, 3.05) is 26.3 Å². The second-order valence-electron chi connectivity index (χ2n) is 7.73. The van der Waals surface area contributed by atoms with Gasteiger partial charge >= 0.3 is 0 Å². The highest BCUT2D eigenvalue weighted by atomic mass is 16.5. The standard InChI is InChI=1S/C25H32N2O4/c1-3-20-7-5-6-8-23(20)31-18-25(29)27-15-13-21(14-16-27)26-24(28)17-19-9-11-22(12-10-19)30-4-2/h5-12,21H,3-4,13-18H2,1-2H3,(H,26,28). The number of hydrogen-bond acceptors (Lipinski definition) is 4. The first-order chi connectivity index (χ1) is 15.1. The molecule has 2 amide bonds. The van der Waals surface area contributed by atoms with Crippen LogP contribution in [-0.4, -0.2) is 49.1 Å². The molecular formula is C25H32N2O4. The van der Waals surface area contributed by atoms with Gasteiger partial charge in [0.05, 0.1) is 13.0 Å². The molecule has 0 radical (unpaired) electrons. The average molecular weight is 425 g/mol. The summed E-state index contributed by atoms with van der Waals surface area (Å²) in [5.41, 5.74) is 2.06. The van der Waals surface area contributed by atoms with Crippen molar-refractivity contribution in [2.45, 2.75) is 45.6 Å². The Hall–Kier alpha value is -3.02. The molecule has 1 aliphatic heterocycles. The zero-order valence-corrected chi connectivity index (χ0v) is 18.4. The molecule has 1 saturated heterocycles. The maximum atomic E-state index is 12.5. The maximum absolute atomic E-state index is 12.5. The van der Waals surface area contributed by atoms with E-state index in [4.69, 9.17) is 9.47 Å². The Morgan fingerprint density at radius 3 is 2.39 bits per heavy atom. The fourth-order valence-electron chi connectivity index (χ4n) is 3.78. The molecule has 6 heteroatoms. The number of rotatable bonds is 9. The van der Waals surface area contributed by atoms with Crippen LogP contribution in [0.15, 0.2) is 48.5 Å². The molecule has 1 heterocycles. The van der Waals surface area contributed by atoms with Gasteiger partial charge in [-0.1, -0.05) is 37.3 Å². The van der Waals surface area contributed by atoms with E-state index in [1.807, 2.05) is 60.4 Å². The lowest BCUT2D eigenvalue weighted by molar-refractivity contribution is -0.134. The molecule has 31 heavy (non-hydrogen) atoms. The Bertz CT molecular complexity index is 858. The van der Waals surface area contributed by atoms with Crippen LogP contribution in [-0.2, 0) is 22.4 Å². The summed E-state index contributed by atoms with van der Waals surface area (Å²) in [5.74, 6) is 1.58. The first-order valence-corrected chi connectivity index (χ1v) is 11.1. The third-order valence-corrected chi connectivity index (χ3v) is 5.52. The first-order valence-electron chi connectivity index (χ1n) is 11.1. The lowest BCUT2D eigenvalue weighted by atomic mass is 10.0. The molecule has 0 bridgehead atoms. The Balaban J connectivity index is 1.39. The minimum atomic E-state index is -0.00919. The lowest BCUT2D eigenvalue weighted by Crippen LogP contribution is -2.48. The summed E-state index contributed by atoms with van der Waals surface area (Å²) >= 11 is 0. The van der Waals surface area contributed by atoms with Crippen LogP contribution in [0, 0.1) is 0 Å². The van der Waals surface area contributed by atoms with Crippen LogP contribution in [0.1, 0.15) is 37.8 Å². The zero-order chi connectivity index (χ0) is 22.1. The molecule has 6 nitrogen and oxygen atoms in total. The summed E-state index contributed by atoms with van der Waals surface area (Å²) in [5, 5.41) is 3.10. The van der Waals surface area contributed by atoms with Gasteiger partial charge in [-0.2, -0.15) is 0 Å². The van der Waals surface area contributed by atoms with Crippen molar-refractivity contribution in [1.29, 1.82) is 0 Å². The summed E-state index contributed by atoms with van der Waals surface area (Å²) in [6.07, 6.45) is 2.72. The van der Waals surface area contributed by atoms with Crippen LogP contribution in [0.4, 0.5) is 0 Å². The highest BCUT2D eigenvalue weighted by Gasteiger charge is 2.24. The fraction of sp³-hybridized carbons (Fsp3) is 0.440. The van der Waals surface area contributed by atoms with Gasteiger partial charge in [-0.15, -0.1) is 0 Å². The number of ether oxygens (including phenoxy) is 2. The molecule has 0 aromatic heterocycles. The number of carbonyl (C=O) groups is 2. The lowest BCUT2D eigenvalue weighted by Gasteiger charge is -2.32. The molecule has 3 rings (SSSR count). The third kappa shape index (κ3) is 6.74. The van der Waals surface area contributed by atoms with Gasteiger partial charge in [0.25, 0.3) is 5.91 Å². The molecule has 0 saturated carbocycles. The van der Waals surface area contributed by atoms with Gasteiger partial charge in [-0.25, -0.2) is 0 Å². The highest BCUT2D eigenvalue weighted by Crippen LogP contribution is 2.19. The van der Waals surface area contributed by atoms with Gasteiger partial charge in [0.15, 0.2) is 6.61 Å². The van der Waals surface area contributed by atoms with Gasteiger partial charge in [-0.3, -0.25) is 9.59 Å². The Morgan fingerprint density at radius 2 is 1.71 bits per heavy atom. The van der Waals surface area contributed by atoms with E-state index in [-0.39, 0.29) is 24.5 Å². The van der Waals surface area contributed by atoms with Crippen LogP contribution < -0.4 is 14.8 Å². The third-order valence-electron chi connectivity index (χ3n) is 5.52. The summed E-state index contributed by atoms with van der Waals surface area (Å²) in [6.45, 7) is 5.94. The van der Waals surface area contributed by atoms with E-state index in [2.05, 4.69) is 12.2 Å². The van der Waals surface area contributed by atoms with Gasteiger partial charge in [0.1, 0.15) is 11.5 Å². The number of likely N-dealkylation sites (tertiary alicyclic amines) is 1. The van der Waals surface area contributed by atoms with E-state index in [0.717, 1.165) is 41.9 Å². The van der Waals surface area contributed by atoms with Crippen molar-refractivity contribution in [3.63, 3.8) is 0 Å². The van der Waals surface area contributed by atoms with E-state index in [1.165, 1.54) is 0 Å². The average Bonchev–Trinajstić information content (AvgIpc) is 2.79. The summed E-state index contributed by atoms with van der Waals surface area (Å²) in [4.78, 5) is 26.7. The number of piperidine rings is 1. The van der Waals surface area contributed by atoms with E-state index in [9.17, 15) is 9.59 Å². The monoisotopic (exact) mass is 424 g/mol. The van der Waals surface area contributed by atoms with Crippen molar-refractivity contribution in [3.05, 3.63) is 59.7 Å². The number of para-hydroxylation sites is 1. The molecule has 1 aliphatic rings. The molecule has 0 unspecified atom stereocenters. The topological polar surface area (TPSA) is 67.9 Å². The van der Waals surface area contributed by atoms with Gasteiger partial charge < -0.3 is 19.7 Å². The molecule has 1 N–H and O–H groups in total. The van der Waals surface area contributed by atoms with Gasteiger partial charge in [0, 0.05) is 19.1 Å². The van der Waals surface area contributed by atoms with Crippen molar-refractivity contribution >= 4 is 11.8 Å². The van der Waals surface area contributed by atoms with Gasteiger partial charge in [-0.05, 0) is 55.5 Å². The number of nitrogens with one attached hydrogen (secondary N) is 1. The summed E-state index contributed by atoms with van der Waals surface area (Å²) < 4.78 is 11.2. The minimum Gasteiger partial charge on any atom is -0.494 e. The molecule has 0 atom stereocenters. The summed E-state index contributed by atoms with van der Waals surface area (Å²) in [7, 11) is 0. The number of aryl methyl sites for hydroxylation is 1. The SMILES string of the molecule is CCOc1ccc(CC(=O)NC2CCN(C(=O)COc3ccccc3CC)CC2)cc1. The fourth-order valence-corrected chi connectivity index (χ4v) is 3.78. The number of nitrogens with zero attached hydrogens (tertiary/aromatic N) is 1. The largest absolute Gasteiger partial charge is 0.494 e. The molecule has 2 aromatic rings. The Labute approximate surface area is 184 Å². The molecule has 0 spiro atoms. The number of benzene rings is 2. The molecule has 166 valence electrons. The zero-order valence-electron chi connectivity index (χ0n) is 18.4. The summed E-state index contributed by atoms with van der Waals surface area (Å²) in [6, 6.07) is 15.5. The van der Waals surface area contributed by atoms with Crippen LogP contribution in [0.25, 0.3) is 0 Å². The van der Waals surface area contributed by atoms with Crippen molar-refractivity contribution in [1.82, 2.24) is 10.2 Å². The van der Waals surface area contributed by atoms with E-state index in [0.29, 0.717) is 26.1 Å². The van der Waals surface area contributed by atoms with Crippen molar-refractivity contribution in [2.24, 2.45) is 0 Å². The maximum Gasteiger partial charge on any atom is 0.260 e. The smallest absolute Gasteiger partial charge is 0.260 e. The number of hydrogen-bond donors (Lipinski definition) is 1. The Kier molecular flexibility index (Phi) is 8.33. The second kappa shape index (κ2) is 11.4. The van der Waals surface area contributed by atoms with Crippen molar-refractivity contribution in [3.8, 4) is 11.5 Å². The molecule has 2 aromatic carbocycles.